The van der Waals surface area contributed by atoms with Gasteiger partial charge in [0.05, 0.1) is 0 Å². The summed E-state index contributed by atoms with van der Waals surface area (Å²) in [6, 6.07) is 0. The van der Waals surface area contributed by atoms with Crippen molar-refractivity contribution in [2.75, 3.05) is 0 Å². The van der Waals surface area contributed by atoms with Crippen molar-refractivity contribution in [3.63, 3.8) is 0 Å². The fraction of sp³-hybridized carbons (Fsp3) is 0.400. The van der Waals surface area contributed by atoms with Crippen molar-refractivity contribution in [2.24, 2.45) is 0 Å². The van der Waals surface area contributed by atoms with Gasteiger partial charge in [-0.05, 0) is 13.8 Å². The van der Waals surface area contributed by atoms with Crippen LogP contribution in [0.5, 0.6) is 0 Å². The van der Waals surface area contributed by atoms with Gasteiger partial charge in [-0.15, -0.1) is 0 Å². The zero-order valence-corrected chi connectivity index (χ0v) is 4.43. The van der Waals surface area contributed by atoms with Gasteiger partial charge >= 0.3 is 35.5 Å². The Morgan fingerprint density at radius 1 is 1.50 bits per heavy atom. The van der Waals surface area contributed by atoms with Crippen molar-refractivity contribution in [1.82, 2.24) is 0 Å². The van der Waals surface area contributed by atoms with Crippen LogP contribution in [0.25, 0.3) is 0 Å². The first-order chi connectivity index (χ1) is 3.13. The molecular formula is C5H9NaO2. The summed E-state index contributed by atoms with van der Waals surface area (Å²) in [5, 5.41) is 8.01. The zero-order valence-electron chi connectivity index (χ0n) is 4.43. The Labute approximate surface area is 70.9 Å². The number of hydrogen-bond acceptors (Lipinski definition) is 1. The number of carboxylic acid groups (broad SMARTS) is 1. The Kier molecular flexibility index (Phi) is 7.40. The van der Waals surface area contributed by atoms with E-state index in [9.17, 15) is 4.79 Å². The first kappa shape index (κ1) is 11.1. The van der Waals surface area contributed by atoms with Crippen LogP contribution in [-0.2, 0) is 4.79 Å². The maximum absolute atomic E-state index is 9.73. The molecule has 8 heavy (non-hydrogen) atoms. The summed E-state index contributed by atoms with van der Waals surface area (Å²) in [6.07, 6.45) is 1.17. The van der Waals surface area contributed by atoms with E-state index < -0.39 is 5.97 Å². The summed E-state index contributed by atoms with van der Waals surface area (Å²) in [5.74, 6) is -0.875. The van der Waals surface area contributed by atoms with E-state index in [0.717, 1.165) is 5.57 Å². The quantitative estimate of drug-likeness (QED) is 0.405. The molecule has 0 aliphatic heterocycles. The zero-order chi connectivity index (χ0) is 5.86. The topological polar surface area (TPSA) is 37.3 Å². The van der Waals surface area contributed by atoms with Crippen LogP contribution in [0.1, 0.15) is 13.8 Å². The average Bonchev–Trinajstić information content (AvgIpc) is 1.27. The fourth-order valence-corrected chi connectivity index (χ4v) is 0.247. The monoisotopic (exact) mass is 124 g/mol. The molecule has 0 amide bonds. The molecular weight excluding hydrogens is 115 g/mol. The molecule has 0 saturated heterocycles. The van der Waals surface area contributed by atoms with Crippen LogP contribution >= 0.6 is 0 Å². The Bertz CT molecular complexity index is 103. The van der Waals surface area contributed by atoms with Gasteiger partial charge in [0.25, 0.3) is 0 Å². The molecule has 0 saturated carbocycles. The number of rotatable bonds is 1. The standard InChI is InChI=1S/C5H8O2.Na.H/c1-4(2)3-5(6)7;;/h3H,1-2H3,(H,6,7);;. The number of hydrogen-bond donors (Lipinski definition) is 1. The summed E-state index contributed by atoms with van der Waals surface area (Å²) in [5.41, 5.74) is 0.813. The summed E-state index contributed by atoms with van der Waals surface area (Å²) in [7, 11) is 0. The number of carbonyl (C=O) groups is 1. The number of aliphatic carboxylic acids is 1. The van der Waals surface area contributed by atoms with E-state index in [1.54, 1.807) is 13.8 Å². The van der Waals surface area contributed by atoms with Crippen LogP contribution in [0.4, 0.5) is 0 Å². The van der Waals surface area contributed by atoms with E-state index in [1.165, 1.54) is 6.08 Å². The predicted octanol–water partition coefficient (Wildman–Crippen LogP) is 0.389. The molecule has 0 bridgehead atoms. The van der Waals surface area contributed by atoms with Crippen molar-refractivity contribution in [1.29, 1.82) is 0 Å². The maximum atomic E-state index is 9.73. The Morgan fingerprint density at radius 2 is 1.88 bits per heavy atom. The fourth-order valence-electron chi connectivity index (χ4n) is 0.247. The van der Waals surface area contributed by atoms with E-state index >= 15 is 0 Å². The molecule has 0 aromatic rings. The van der Waals surface area contributed by atoms with Gasteiger partial charge in [0.1, 0.15) is 0 Å². The summed E-state index contributed by atoms with van der Waals surface area (Å²) >= 11 is 0. The summed E-state index contributed by atoms with van der Waals surface area (Å²) in [4.78, 5) is 9.73. The molecule has 3 heteroatoms. The van der Waals surface area contributed by atoms with Gasteiger partial charge < -0.3 is 5.11 Å². The average molecular weight is 124 g/mol. The summed E-state index contributed by atoms with van der Waals surface area (Å²) < 4.78 is 0. The van der Waals surface area contributed by atoms with Crippen LogP contribution in [0.2, 0.25) is 0 Å². The van der Waals surface area contributed by atoms with E-state index in [-0.39, 0.29) is 29.6 Å². The normalized spacial score (nSPS) is 6.75. The Hall–Kier alpha value is 0.210. The first-order valence-corrected chi connectivity index (χ1v) is 2.01. The van der Waals surface area contributed by atoms with E-state index in [1.807, 2.05) is 0 Å². The van der Waals surface area contributed by atoms with Gasteiger partial charge in [0.15, 0.2) is 0 Å². The van der Waals surface area contributed by atoms with E-state index in [0.29, 0.717) is 0 Å². The Balaban J connectivity index is 0. The van der Waals surface area contributed by atoms with E-state index in [4.69, 9.17) is 5.11 Å². The van der Waals surface area contributed by atoms with Crippen LogP contribution < -0.4 is 0 Å². The van der Waals surface area contributed by atoms with Crippen molar-refractivity contribution in [2.45, 2.75) is 13.8 Å². The van der Waals surface area contributed by atoms with Crippen molar-refractivity contribution < 1.29 is 9.90 Å². The van der Waals surface area contributed by atoms with Gasteiger partial charge in [-0.2, -0.15) is 0 Å². The van der Waals surface area contributed by atoms with E-state index in [2.05, 4.69) is 0 Å². The molecule has 2 nitrogen and oxygen atoms in total. The first-order valence-electron chi connectivity index (χ1n) is 2.01. The molecule has 0 heterocycles. The third-order valence-electron chi connectivity index (χ3n) is 0.412. The second-order valence-corrected chi connectivity index (χ2v) is 1.56. The van der Waals surface area contributed by atoms with Gasteiger partial charge in [-0.25, -0.2) is 4.79 Å². The number of allylic oxidation sites excluding steroid dienone is 1. The molecule has 0 radical (unpaired) electrons. The molecule has 42 valence electrons. The second kappa shape index (κ2) is 5.35. The molecule has 0 aliphatic carbocycles. The molecule has 0 atom stereocenters. The molecule has 0 spiro atoms. The SMILES string of the molecule is CC(C)=CC(=O)O.[NaH]. The summed E-state index contributed by atoms with van der Waals surface area (Å²) in [6.45, 7) is 3.49. The molecule has 0 aromatic carbocycles. The predicted molar refractivity (Wildman–Crippen MR) is 34.2 cm³/mol. The molecule has 0 unspecified atom stereocenters. The third-order valence-corrected chi connectivity index (χ3v) is 0.412. The minimum atomic E-state index is -0.875. The van der Waals surface area contributed by atoms with Crippen LogP contribution in [0.15, 0.2) is 11.6 Å². The second-order valence-electron chi connectivity index (χ2n) is 1.56. The molecule has 0 aromatic heterocycles. The number of carboxylic acids is 1. The van der Waals surface area contributed by atoms with Crippen LogP contribution in [-0.4, -0.2) is 40.6 Å². The van der Waals surface area contributed by atoms with Gasteiger partial charge in [-0.3, -0.25) is 0 Å². The Morgan fingerprint density at radius 3 is 1.88 bits per heavy atom. The molecule has 0 rings (SSSR count). The van der Waals surface area contributed by atoms with Crippen LogP contribution in [0, 0.1) is 0 Å². The molecule has 1 N–H and O–H groups in total. The van der Waals surface area contributed by atoms with Crippen molar-refractivity contribution >= 4 is 35.5 Å². The minimum absolute atomic E-state index is 0. The van der Waals surface area contributed by atoms with Gasteiger partial charge in [0.2, 0.25) is 0 Å². The molecule has 0 fully saturated rings. The van der Waals surface area contributed by atoms with Gasteiger partial charge in [-0.1, -0.05) is 5.57 Å². The van der Waals surface area contributed by atoms with Crippen molar-refractivity contribution in [3.05, 3.63) is 11.6 Å². The van der Waals surface area contributed by atoms with Crippen molar-refractivity contribution in [3.8, 4) is 0 Å². The van der Waals surface area contributed by atoms with Crippen LogP contribution in [0.3, 0.4) is 0 Å². The van der Waals surface area contributed by atoms with Gasteiger partial charge in [0, 0.05) is 6.08 Å². The third kappa shape index (κ3) is 9.51. The molecule has 0 aliphatic rings.